The lowest BCUT2D eigenvalue weighted by Gasteiger charge is -2.03. The molecule has 0 spiro atoms. The topological polar surface area (TPSA) is 30.0 Å². The number of aromatic nitrogens is 1. The molecule has 0 radical (unpaired) electrons. The van der Waals surface area contributed by atoms with E-state index >= 15 is 0 Å². The Morgan fingerprint density at radius 3 is 2.42 bits per heavy atom. The monoisotopic (exact) mass is 249 g/mol. The maximum Gasteiger partial charge on any atom is 0.166 e. The summed E-state index contributed by atoms with van der Waals surface area (Å²) >= 11 is 0. The van der Waals surface area contributed by atoms with Gasteiger partial charge in [0.1, 0.15) is 0 Å². The van der Waals surface area contributed by atoms with Gasteiger partial charge < -0.3 is 0 Å². The van der Waals surface area contributed by atoms with Crippen molar-refractivity contribution in [2.45, 2.75) is 13.8 Å². The lowest BCUT2D eigenvalue weighted by atomic mass is 10.0. The minimum atomic E-state index is -0.0286. The standard InChI is InChI=1S/C17H15NO/c1-13(2)17(19)16-10-15(11-18-12-16)9-8-14-6-4-3-5-7-14/h3-7,10-13H,1-2H3. The van der Waals surface area contributed by atoms with E-state index in [1.807, 2.05) is 44.2 Å². The van der Waals surface area contributed by atoms with Crippen LogP contribution in [0, 0.1) is 17.8 Å². The zero-order chi connectivity index (χ0) is 13.7. The van der Waals surface area contributed by atoms with Crippen LogP contribution in [0.5, 0.6) is 0 Å². The molecule has 0 aliphatic carbocycles. The summed E-state index contributed by atoms with van der Waals surface area (Å²) in [6.45, 7) is 3.76. The molecule has 1 aromatic carbocycles. The van der Waals surface area contributed by atoms with Crippen molar-refractivity contribution in [1.82, 2.24) is 4.98 Å². The van der Waals surface area contributed by atoms with Gasteiger partial charge in [-0.2, -0.15) is 0 Å². The van der Waals surface area contributed by atoms with Crippen LogP contribution in [0.25, 0.3) is 0 Å². The number of nitrogens with zero attached hydrogens (tertiary/aromatic N) is 1. The number of Topliss-reactive ketones (excluding diaryl/α,β-unsaturated/α-hetero) is 1. The van der Waals surface area contributed by atoms with Crippen molar-refractivity contribution in [2.24, 2.45) is 5.92 Å². The van der Waals surface area contributed by atoms with E-state index < -0.39 is 0 Å². The Morgan fingerprint density at radius 2 is 1.74 bits per heavy atom. The molecule has 2 rings (SSSR count). The van der Waals surface area contributed by atoms with Crippen LogP contribution in [-0.4, -0.2) is 10.8 Å². The fraction of sp³-hybridized carbons (Fsp3) is 0.176. The third-order valence-electron chi connectivity index (χ3n) is 2.67. The molecular weight excluding hydrogens is 234 g/mol. The largest absolute Gasteiger partial charge is 0.294 e. The molecule has 0 aliphatic rings. The molecule has 94 valence electrons. The van der Waals surface area contributed by atoms with E-state index in [9.17, 15) is 4.79 Å². The first kappa shape index (κ1) is 13.0. The molecule has 0 saturated carbocycles. The molecule has 0 atom stereocenters. The molecule has 1 aromatic heterocycles. The summed E-state index contributed by atoms with van der Waals surface area (Å²) in [5.41, 5.74) is 2.33. The molecular formula is C17H15NO. The first-order chi connectivity index (χ1) is 9.16. The second-order valence-corrected chi connectivity index (χ2v) is 4.60. The normalized spacial score (nSPS) is 9.84. The van der Waals surface area contributed by atoms with E-state index in [0.29, 0.717) is 5.56 Å². The Morgan fingerprint density at radius 1 is 1.05 bits per heavy atom. The number of carbonyl (C=O) groups is 1. The first-order valence-corrected chi connectivity index (χ1v) is 6.23. The maximum absolute atomic E-state index is 11.9. The maximum atomic E-state index is 11.9. The molecule has 1 heterocycles. The van der Waals surface area contributed by atoms with Crippen molar-refractivity contribution in [3.8, 4) is 11.8 Å². The van der Waals surface area contributed by atoms with Crippen molar-refractivity contribution >= 4 is 5.78 Å². The van der Waals surface area contributed by atoms with Gasteiger partial charge in [-0.05, 0) is 18.2 Å². The van der Waals surface area contributed by atoms with E-state index in [-0.39, 0.29) is 11.7 Å². The van der Waals surface area contributed by atoms with Gasteiger partial charge in [-0.3, -0.25) is 9.78 Å². The second-order valence-electron chi connectivity index (χ2n) is 4.60. The molecule has 0 amide bonds. The molecule has 0 saturated heterocycles. The average Bonchev–Trinajstić information content (AvgIpc) is 2.45. The summed E-state index contributed by atoms with van der Waals surface area (Å²) in [6, 6.07) is 11.5. The molecule has 0 aliphatic heterocycles. The van der Waals surface area contributed by atoms with Crippen molar-refractivity contribution in [3.05, 3.63) is 65.5 Å². The van der Waals surface area contributed by atoms with Gasteiger partial charge in [0.25, 0.3) is 0 Å². The smallest absolute Gasteiger partial charge is 0.166 e. The summed E-state index contributed by atoms with van der Waals surface area (Å²) in [5.74, 6) is 6.15. The van der Waals surface area contributed by atoms with Crippen molar-refractivity contribution in [2.75, 3.05) is 0 Å². The third-order valence-corrected chi connectivity index (χ3v) is 2.67. The van der Waals surface area contributed by atoms with E-state index in [0.717, 1.165) is 11.1 Å². The van der Waals surface area contributed by atoms with Gasteiger partial charge >= 0.3 is 0 Å². The molecule has 2 aromatic rings. The van der Waals surface area contributed by atoms with Gasteiger partial charge in [0.15, 0.2) is 5.78 Å². The van der Waals surface area contributed by atoms with Crippen LogP contribution in [0.2, 0.25) is 0 Å². The summed E-state index contributed by atoms with van der Waals surface area (Å²) in [7, 11) is 0. The molecule has 2 heteroatoms. The highest BCUT2D eigenvalue weighted by Gasteiger charge is 2.10. The van der Waals surface area contributed by atoms with Crippen molar-refractivity contribution in [3.63, 3.8) is 0 Å². The fourth-order valence-corrected chi connectivity index (χ4v) is 1.64. The SMILES string of the molecule is CC(C)C(=O)c1cncc(C#Cc2ccccc2)c1. The Balaban J connectivity index is 2.26. The summed E-state index contributed by atoms with van der Waals surface area (Å²) in [4.78, 5) is 16.0. The summed E-state index contributed by atoms with van der Waals surface area (Å²) in [6.07, 6.45) is 3.27. The van der Waals surface area contributed by atoms with E-state index in [2.05, 4.69) is 16.8 Å². The number of ketones is 1. The minimum absolute atomic E-state index is 0.0286. The van der Waals surface area contributed by atoms with Gasteiger partial charge in [-0.15, -0.1) is 0 Å². The predicted octanol–water partition coefficient (Wildman–Crippen LogP) is 3.32. The fourth-order valence-electron chi connectivity index (χ4n) is 1.64. The van der Waals surface area contributed by atoms with Gasteiger partial charge in [0.2, 0.25) is 0 Å². The first-order valence-electron chi connectivity index (χ1n) is 6.23. The minimum Gasteiger partial charge on any atom is -0.294 e. The third kappa shape index (κ3) is 3.53. The average molecular weight is 249 g/mol. The van der Waals surface area contributed by atoms with Gasteiger partial charge in [-0.25, -0.2) is 0 Å². The Hall–Kier alpha value is -2.40. The molecule has 0 N–H and O–H groups in total. The van der Waals surface area contributed by atoms with Gasteiger partial charge in [0, 0.05) is 35.0 Å². The van der Waals surface area contributed by atoms with Crippen molar-refractivity contribution < 1.29 is 4.79 Å². The molecule has 0 bridgehead atoms. The number of carbonyl (C=O) groups excluding carboxylic acids is 1. The lowest BCUT2D eigenvalue weighted by molar-refractivity contribution is 0.0939. The second kappa shape index (κ2) is 5.97. The highest BCUT2D eigenvalue weighted by Crippen LogP contribution is 2.09. The van der Waals surface area contributed by atoms with Crippen LogP contribution < -0.4 is 0 Å². The van der Waals surface area contributed by atoms with Gasteiger partial charge in [-0.1, -0.05) is 43.9 Å². The highest BCUT2D eigenvalue weighted by molar-refractivity contribution is 5.97. The number of pyridine rings is 1. The predicted molar refractivity (Wildman–Crippen MR) is 75.8 cm³/mol. The molecule has 0 fully saturated rings. The van der Waals surface area contributed by atoms with Crippen LogP contribution in [0.3, 0.4) is 0 Å². The Labute approximate surface area is 113 Å². The van der Waals surface area contributed by atoms with Crippen LogP contribution in [0.15, 0.2) is 48.8 Å². The van der Waals surface area contributed by atoms with E-state index in [1.54, 1.807) is 18.5 Å². The number of rotatable bonds is 2. The van der Waals surface area contributed by atoms with E-state index in [1.165, 1.54) is 0 Å². The quantitative estimate of drug-likeness (QED) is 0.603. The molecule has 0 unspecified atom stereocenters. The Kier molecular flexibility index (Phi) is 4.10. The van der Waals surface area contributed by atoms with Crippen LogP contribution in [0.4, 0.5) is 0 Å². The van der Waals surface area contributed by atoms with Crippen LogP contribution in [0.1, 0.15) is 35.3 Å². The van der Waals surface area contributed by atoms with E-state index in [4.69, 9.17) is 0 Å². The number of benzene rings is 1. The van der Waals surface area contributed by atoms with Crippen LogP contribution >= 0.6 is 0 Å². The summed E-state index contributed by atoms with van der Waals surface area (Å²) < 4.78 is 0. The zero-order valence-electron chi connectivity index (χ0n) is 11.1. The lowest BCUT2D eigenvalue weighted by Crippen LogP contribution is -2.07. The number of hydrogen-bond acceptors (Lipinski definition) is 2. The van der Waals surface area contributed by atoms with Crippen molar-refractivity contribution in [1.29, 1.82) is 0 Å². The van der Waals surface area contributed by atoms with Crippen LogP contribution in [-0.2, 0) is 0 Å². The Bertz CT molecular complexity index is 633. The molecule has 2 nitrogen and oxygen atoms in total. The summed E-state index contributed by atoms with van der Waals surface area (Å²) in [5, 5.41) is 0. The highest BCUT2D eigenvalue weighted by atomic mass is 16.1. The zero-order valence-corrected chi connectivity index (χ0v) is 11.1. The number of hydrogen-bond donors (Lipinski definition) is 0. The molecule has 19 heavy (non-hydrogen) atoms. The van der Waals surface area contributed by atoms with Gasteiger partial charge in [0.05, 0.1) is 0 Å².